The third-order valence-corrected chi connectivity index (χ3v) is 3.24. The van der Waals surface area contributed by atoms with Gasteiger partial charge in [0.05, 0.1) is 4.90 Å². The van der Waals surface area contributed by atoms with E-state index in [1.54, 1.807) is 6.07 Å². The predicted octanol–water partition coefficient (Wildman–Crippen LogP) is 2.19. The lowest BCUT2D eigenvalue weighted by Gasteiger charge is -2.00. The molecule has 0 heterocycles. The lowest BCUT2D eigenvalue weighted by atomic mass is 10.2. The van der Waals surface area contributed by atoms with Crippen LogP contribution in [0.25, 0.3) is 0 Å². The number of hydrogen-bond donors (Lipinski definition) is 0. The van der Waals surface area contributed by atoms with Gasteiger partial charge in [0, 0.05) is 20.7 Å². The fourth-order valence-corrected chi connectivity index (χ4v) is 2.40. The number of benzene rings is 1. The van der Waals surface area contributed by atoms with Gasteiger partial charge in [0.1, 0.15) is 0 Å². The van der Waals surface area contributed by atoms with Crippen molar-refractivity contribution in [2.45, 2.75) is 4.90 Å². The van der Waals surface area contributed by atoms with Gasteiger partial charge < -0.3 is 0 Å². The summed E-state index contributed by atoms with van der Waals surface area (Å²) in [5.41, 5.74) is 0.0539. The van der Waals surface area contributed by atoms with Gasteiger partial charge in [0.25, 0.3) is 9.05 Å². The highest BCUT2D eigenvalue weighted by molar-refractivity contribution is 9.10. The van der Waals surface area contributed by atoms with Crippen molar-refractivity contribution in [3.05, 3.63) is 28.2 Å². The Kier molecular flexibility index (Phi) is 3.10. The topological polar surface area (TPSA) is 51.2 Å². The summed E-state index contributed by atoms with van der Waals surface area (Å²) >= 11 is 3.08. The minimum absolute atomic E-state index is 0.0539. The molecule has 0 saturated heterocycles. The second-order valence-corrected chi connectivity index (χ2v) is 5.69. The van der Waals surface area contributed by atoms with Crippen LogP contribution in [0.4, 0.5) is 0 Å². The molecule has 6 heteroatoms. The van der Waals surface area contributed by atoms with E-state index in [1.807, 2.05) is 0 Å². The Hall–Kier alpha value is -0.390. The van der Waals surface area contributed by atoms with E-state index in [1.165, 1.54) is 12.1 Å². The van der Waals surface area contributed by atoms with E-state index in [0.29, 0.717) is 10.8 Å². The standard InChI is InChI=1S/C7H4BrClO3S/c8-6-2-1-5(4-10)7(3-6)13(9,11)12/h1-4H. The Bertz CT molecular complexity index is 441. The van der Waals surface area contributed by atoms with Crippen LogP contribution >= 0.6 is 26.6 Å². The zero-order valence-electron chi connectivity index (χ0n) is 6.20. The molecule has 70 valence electrons. The summed E-state index contributed by atoms with van der Waals surface area (Å²) in [5, 5.41) is 0. The minimum Gasteiger partial charge on any atom is -0.298 e. The van der Waals surface area contributed by atoms with Gasteiger partial charge in [-0.25, -0.2) is 8.42 Å². The lowest BCUT2D eigenvalue weighted by Crippen LogP contribution is -1.96. The number of rotatable bonds is 2. The zero-order valence-corrected chi connectivity index (χ0v) is 9.36. The summed E-state index contributed by atoms with van der Waals surface area (Å²) in [6.07, 6.45) is 0.446. The molecule has 3 nitrogen and oxygen atoms in total. The third-order valence-electron chi connectivity index (χ3n) is 1.37. The first kappa shape index (κ1) is 10.7. The van der Waals surface area contributed by atoms with E-state index in [9.17, 15) is 13.2 Å². The molecule has 1 aromatic carbocycles. The van der Waals surface area contributed by atoms with Crippen LogP contribution in [-0.2, 0) is 9.05 Å². The Morgan fingerprint density at radius 2 is 2.00 bits per heavy atom. The summed E-state index contributed by atoms with van der Waals surface area (Å²) < 4.78 is 22.5. The quantitative estimate of drug-likeness (QED) is 0.617. The Balaban J connectivity index is 3.50. The Morgan fingerprint density at radius 3 is 2.46 bits per heavy atom. The van der Waals surface area contributed by atoms with E-state index in [0.717, 1.165) is 0 Å². The smallest absolute Gasteiger partial charge is 0.262 e. The monoisotopic (exact) mass is 282 g/mol. The van der Waals surface area contributed by atoms with Gasteiger partial charge in [-0.1, -0.05) is 15.9 Å². The molecule has 1 rings (SSSR count). The van der Waals surface area contributed by atoms with Crippen LogP contribution in [0.5, 0.6) is 0 Å². The fourth-order valence-electron chi connectivity index (χ4n) is 0.817. The van der Waals surface area contributed by atoms with Crippen LogP contribution in [0.1, 0.15) is 10.4 Å². The molecule has 0 atom stereocenters. The first-order valence-electron chi connectivity index (χ1n) is 3.14. The first-order chi connectivity index (χ1) is 5.95. The molecule has 0 saturated carbocycles. The van der Waals surface area contributed by atoms with Crippen molar-refractivity contribution in [1.29, 1.82) is 0 Å². The molecule has 0 aromatic heterocycles. The van der Waals surface area contributed by atoms with E-state index >= 15 is 0 Å². The Morgan fingerprint density at radius 1 is 1.38 bits per heavy atom. The average molecular weight is 284 g/mol. The van der Waals surface area contributed by atoms with Gasteiger partial charge in [0.15, 0.2) is 6.29 Å². The molecule has 0 spiro atoms. The summed E-state index contributed by atoms with van der Waals surface area (Å²) in [5.74, 6) is 0. The largest absolute Gasteiger partial charge is 0.298 e. The van der Waals surface area contributed by atoms with Gasteiger partial charge >= 0.3 is 0 Å². The Labute approximate surface area is 88.3 Å². The molecule has 13 heavy (non-hydrogen) atoms. The van der Waals surface area contributed by atoms with Crippen molar-refractivity contribution in [3.63, 3.8) is 0 Å². The molecule has 1 aromatic rings. The summed E-state index contributed by atoms with van der Waals surface area (Å²) in [6, 6.07) is 4.23. The second kappa shape index (κ2) is 3.77. The van der Waals surface area contributed by atoms with Crippen molar-refractivity contribution < 1.29 is 13.2 Å². The van der Waals surface area contributed by atoms with Crippen molar-refractivity contribution in [3.8, 4) is 0 Å². The molecule has 0 N–H and O–H groups in total. The van der Waals surface area contributed by atoms with Crippen molar-refractivity contribution >= 4 is 41.9 Å². The highest BCUT2D eigenvalue weighted by atomic mass is 79.9. The van der Waals surface area contributed by atoms with Gasteiger partial charge in [-0.2, -0.15) is 0 Å². The first-order valence-corrected chi connectivity index (χ1v) is 6.25. The van der Waals surface area contributed by atoms with Crippen molar-refractivity contribution in [2.75, 3.05) is 0 Å². The minimum atomic E-state index is -3.86. The molecular weight excluding hydrogens is 279 g/mol. The molecule has 0 radical (unpaired) electrons. The van der Waals surface area contributed by atoms with Gasteiger partial charge in [-0.15, -0.1) is 0 Å². The molecule has 0 aliphatic carbocycles. The maximum Gasteiger partial charge on any atom is 0.262 e. The molecule has 0 fully saturated rings. The molecule has 0 aliphatic heterocycles. The SMILES string of the molecule is O=Cc1ccc(Br)cc1S(=O)(=O)Cl. The zero-order chi connectivity index (χ0) is 10.1. The number of carbonyl (C=O) groups is 1. The van der Waals surface area contributed by atoms with Gasteiger partial charge in [0.2, 0.25) is 0 Å². The highest BCUT2D eigenvalue weighted by Gasteiger charge is 2.15. The van der Waals surface area contributed by atoms with Gasteiger partial charge in [-0.05, 0) is 18.2 Å². The second-order valence-electron chi connectivity index (χ2n) is 2.24. The highest BCUT2D eigenvalue weighted by Crippen LogP contribution is 2.22. The van der Waals surface area contributed by atoms with Gasteiger partial charge in [-0.3, -0.25) is 4.79 Å². The summed E-state index contributed by atoms with van der Waals surface area (Å²) in [6.45, 7) is 0. The maximum absolute atomic E-state index is 11.0. The van der Waals surface area contributed by atoms with E-state index in [4.69, 9.17) is 10.7 Å². The van der Waals surface area contributed by atoms with E-state index < -0.39 is 9.05 Å². The maximum atomic E-state index is 11.0. The molecule has 0 unspecified atom stereocenters. The molecular formula is C7H4BrClO3S. The number of carbonyl (C=O) groups excluding carboxylic acids is 1. The third kappa shape index (κ3) is 2.52. The van der Waals surface area contributed by atoms with Crippen LogP contribution in [0.15, 0.2) is 27.6 Å². The average Bonchev–Trinajstić information content (AvgIpc) is 2.03. The number of hydrogen-bond acceptors (Lipinski definition) is 3. The lowest BCUT2D eigenvalue weighted by molar-refractivity contribution is 0.112. The summed E-state index contributed by atoms with van der Waals surface area (Å²) in [7, 11) is 1.25. The van der Waals surface area contributed by atoms with E-state index in [2.05, 4.69) is 15.9 Å². The van der Waals surface area contributed by atoms with E-state index in [-0.39, 0.29) is 10.5 Å². The van der Waals surface area contributed by atoms with Crippen LogP contribution < -0.4 is 0 Å². The number of aldehydes is 1. The molecule has 0 amide bonds. The van der Waals surface area contributed by atoms with Crippen molar-refractivity contribution in [1.82, 2.24) is 0 Å². The van der Waals surface area contributed by atoms with Crippen LogP contribution in [0.3, 0.4) is 0 Å². The number of halogens is 2. The predicted molar refractivity (Wildman–Crippen MR) is 52.6 cm³/mol. The molecule has 0 bridgehead atoms. The normalized spacial score (nSPS) is 11.2. The van der Waals surface area contributed by atoms with Crippen LogP contribution in [-0.4, -0.2) is 14.7 Å². The summed E-state index contributed by atoms with van der Waals surface area (Å²) in [4.78, 5) is 10.3. The van der Waals surface area contributed by atoms with Crippen LogP contribution in [0.2, 0.25) is 0 Å². The van der Waals surface area contributed by atoms with Crippen LogP contribution in [0, 0.1) is 0 Å². The molecule has 0 aliphatic rings. The fraction of sp³-hybridized carbons (Fsp3) is 0. The van der Waals surface area contributed by atoms with Crippen molar-refractivity contribution in [2.24, 2.45) is 0 Å².